The molecule has 3 rings (SSSR count). The van der Waals surface area contributed by atoms with Crippen LogP contribution in [-0.2, 0) is 16.0 Å². The minimum Gasteiger partial charge on any atom is -0.478 e. The number of benzene rings is 2. The first-order valence-electron chi connectivity index (χ1n) is 7.96. The van der Waals surface area contributed by atoms with E-state index in [0.29, 0.717) is 17.0 Å². The lowest BCUT2D eigenvalue weighted by molar-refractivity contribution is -0.121. The predicted octanol–water partition coefficient (Wildman–Crippen LogP) is 3.37. The van der Waals surface area contributed by atoms with E-state index in [2.05, 4.69) is 0 Å². The molecule has 2 aromatic rings. The topological polar surface area (TPSA) is 74.7 Å². The molecule has 6 heteroatoms. The van der Waals surface area contributed by atoms with Crippen molar-refractivity contribution in [2.75, 3.05) is 4.90 Å². The van der Waals surface area contributed by atoms with Gasteiger partial charge in [0.25, 0.3) is 0 Å². The summed E-state index contributed by atoms with van der Waals surface area (Å²) in [6.07, 6.45) is 0.780. The van der Waals surface area contributed by atoms with Crippen molar-refractivity contribution in [3.8, 4) is 0 Å². The lowest BCUT2D eigenvalue weighted by atomic mass is 10.1. The number of hydrogen-bond acceptors (Lipinski definition) is 4. The van der Waals surface area contributed by atoms with Crippen LogP contribution in [0.4, 0.5) is 5.69 Å². The summed E-state index contributed by atoms with van der Waals surface area (Å²) < 4.78 is 0. The smallest absolute Gasteiger partial charge is 0.336 e. The van der Waals surface area contributed by atoms with Crippen molar-refractivity contribution in [1.82, 2.24) is 0 Å². The quantitative estimate of drug-likeness (QED) is 0.833. The number of carboxylic acid groups (broad SMARTS) is 1. The third-order valence-electron chi connectivity index (χ3n) is 4.11. The lowest BCUT2D eigenvalue weighted by Gasteiger charge is -2.18. The van der Waals surface area contributed by atoms with Gasteiger partial charge in [-0.3, -0.25) is 9.59 Å². The van der Waals surface area contributed by atoms with Crippen LogP contribution in [0.25, 0.3) is 0 Å². The van der Waals surface area contributed by atoms with E-state index in [4.69, 9.17) is 0 Å². The number of rotatable bonds is 5. The van der Waals surface area contributed by atoms with Crippen LogP contribution >= 0.6 is 11.8 Å². The maximum Gasteiger partial charge on any atom is 0.336 e. The Bertz CT molecular complexity index is 849. The molecule has 5 nitrogen and oxygen atoms in total. The number of aryl methyl sites for hydroxylation is 1. The number of anilines is 1. The van der Waals surface area contributed by atoms with Crippen LogP contribution in [0.2, 0.25) is 0 Å². The predicted molar refractivity (Wildman–Crippen MR) is 96.0 cm³/mol. The van der Waals surface area contributed by atoms with Crippen LogP contribution in [0.15, 0.2) is 53.4 Å². The number of carboxylic acids is 1. The first-order valence-corrected chi connectivity index (χ1v) is 8.84. The van der Waals surface area contributed by atoms with Crippen molar-refractivity contribution < 1.29 is 19.5 Å². The Kier molecular flexibility index (Phi) is 4.90. The summed E-state index contributed by atoms with van der Waals surface area (Å²) in [6, 6.07) is 13.9. The van der Waals surface area contributed by atoms with Gasteiger partial charge in [-0.2, -0.15) is 0 Å². The Morgan fingerprint density at radius 1 is 1.16 bits per heavy atom. The van der Waals surface area contributed by atoms with E-state index < -0.39 is 11.2 Å². The van der Waals surface area contributed by atoms with Crippen LogP contribution < -0.4 is 4.90 Å². The van der Waals surface area contributed by atoms with E-state index in [9.17, 15) is 19.5 Å². The minimum absolute atomic E-state index is 0.0650. The molecule has 25 heavy (non-hydrogen) atoms. The van der Waals surface area contributed by atoms with Crippen LogP contribution in [0.3, 0.4) is 0 Å². The SMILES string of the molecule is CCc1ccccc1N1C(=O)C[C@H](Sc2ccccc2C(=O)O)C1=O. The zero-order valence-electron chi connectivity index (χ0n) is 13.6. The third kappa shape index (κ3) is 3.30. The first-order chi connectivity index (χ1) is 12.0. The van der Waals surface area contributed by atoms with Gasteiger partial charge in [-0.15, -0.1) is 11.8 Å². The molecule has 1 fully saturated rings. The van der Waals surface area contributed by atoms with Gasteiger partial charge < -0.3 is 5.11 Å². The fourth-order valence-corrected chi connectivity index (χ4v) is 4.05. The van der Waals surface area contributed by atoms with Crippen LogP contribution in [0.5, 0.6) is 0 Å². The molecular formula is C19H17NO4S. The fraction of sp³-hybridized carbons (Fsp3) is 0.211. The molecule has 1 aliphatic heterocycles. The second kappa shape index (κ2) is 7.11. The number of para-hydroxylation sites is 1. The first kappa shape index (κ1) is 17.2. The highest BCUT2D eigenvalue weighted by molar-refractivity contribution is 8.00. The van der Waals surface area contributed by atoms with E-state index in [0.717, 1.165) is 17.3 Å². The summed E-state index contributed by atoms with van der Waals surface area (Å²) in [4.78, 5) is 38.3. The van der Waals surface area contributed by atoms with Gasteiger partial charge in [0.05, 0.1) is 16.5 Å². The molecular weight excluding hydrogens is 338 g/mol. The van der Waals surface area contributed by atoms with E-state index >= 15 is 0 Å². The van der Waals surface area contributed by atoms with Gasteiger partial charge >= 0.3 is 5.97 Å². The maximum atomic E-state index is 12.8. The molecule has 0 aromatic heterocycles. The van der Waals surface area contributed by atoms with E-state index in [1.165, 1.54) is 11.0 Å². The van der Waals surface area contributed by atoms with Gasteiger partial charge in [0.1, 0.15) is 0 Å². The monoisotopic (exact) mass is 355 g/mol. The molecule has 2 amide bonds. The zero-order chi connectivity index (χ0) is 18.0. The molecule has 1 aliphatic rings. The van der Waals surface area contributed by atoms with Crippen LogP contribution in [0.1, 0.15) is 29.3 Å². The Hall–Kier alpha value is -2.60. The van der Waals surface area contributed by atoms with Crippen LogP contribution in [0, 0.1) is 0 Å². The molecule has 1 atom stereocenters. The van der Waals surface area contributed by atoms with Crippen molar-refractivity contribution in [3.63, 3.8) is 0 Å². The molecule has 1 N–H and O–H groups in total. The molecule has 0 radical (unpaired) electrons. The summed E-state index contributed by atoms with van der Waals surface area (Å²) in [7, 11) is 0. The highest BCUT2D eigenvalue weighted by Gasteiger charge is 2.41. The second-order valence-electron chi connectivity index (χ2n) is 5.66. The zero-order valence-corrected chi connectivity index (χ0v) is 14.5. The largest absolute Gasteiger partial charge is 0.478 e. The van der Waals surface area contributed by atoms with E-state index in [1.54, 1.807) is 30.3 Å². The number of hydrogen-bond donors (Lipinski definition) is 1. The Morgan fingerprint density at radius 2 is 1.84 bits per heavy atom. The van der Waals surface area contributed by atoms with Gasteiger partial charge in [-0.1, -0.05) is 37.3 Å². The van der Waals surface area contributed by atoms with E-state index in [-0.39, 0.29) is 23.8 Å². The second-order valence-corrected chi connectivity index (χ2v) is 6.91. The number of carbonyl (C=O) groups excluding carboxylic acids is 2. The van der Waals surface area contributed by atoms with Crippen molar-refractivity contribution in [3.05, 3.63) is 59.7 Å². The fourth-order valence-electron chi connectivity index (χ4n) is 2.88. The Labute approximate surface area is 149 Å². The van der Waals surface area contributed by atoms with Crippen LogP contribution in [-0.4, -0.2) is 28.1 Å². The summed E-state index contributed by atoms with van der Waals surface area (Å²) >= 11 is 1.14. The lowest BCUT2D eigenvalue weighted by Crippen LogP contribution is -2.32. The van der Waals surface area contributed by atoms with Crippen molar-refractivity contribution >= 4 is 35.2 Å². The Balaban J connectivity index is 1.89. The number of amides is 2. The summed E-state index contributed by atoms with van der Waals surface area (Å²) in [5, 5.41) is 8.67. The molecule has 0 spiro atoms. The van der Waals surface area contributed by atoms with Gasteiger partial charge in [0.15, 0.2) is 0 Å². The third-order valence-corrected chi connectivity index (χ3v) is 5.37. The Morgan fingerprint density at radius 3 is 2.56 bits per heavy atom. The molecule has 0 saturated carbocycles. The minimum atomic E-state index is -1.05. The normalized spacial score (nSPS) is 17.2. The van der Waals surface area contributed by atoms with Gasteiger partial charge in [-0.25, -0.2) is 9.69 Å². The number of nitrogens with zero attached hydrogens (tertiary/aromatic N) is 1. The average Bonchev–Trinajstić information content (AvgIpc) is 2.88. The molecule has 0 aliphatic carbocycles. The highest BCUT2D eigenvalue weighted by atomic mass is 32.2. The standard InChI is InChI=1S/C19H17NO4S/c1-2-12-7-3-5-9-14(12)20-17(21)11-16(18(20)22)25-15-10-6-4-8-13(15)19(23)24/h3-10,16H,2,11H2,1H3,(H,23,24)/t16-/m0/s1. The molecule has 1 saturated heterocycles. The molecule has 2 aromatic carbocycles. The van der Waals surface area contributed by atoms with E-state index in [1.807, 2.05) is 19.1 Å². The summed E-state index contributed by atoms with van der Waals surface area (Å²) in [6.45, 7) is 1.97. The molecule has 1 heterocycles. The van der Waals surface area contributed by atoms with Gasteiger partial charge in [-0.05, 0) is 30.2 Å². The van der Waals surface area contributed by atoms with Gasteiger partial charge in [0, 0.05) is 11.3 Å². The molecule has 0 bridgehead atoms. The molecule has 128 valence electrons. The van der Waals surface area contributed by atoms with Crippen molar-refractivity contribution in [2.24, 2.45) is 0 Å². The summed E-state index contributed by atoms with van der Waals surface area (Å²) in [5.74, 6) is -1.60. The number of imide groups is 1. The highest BCUT2D eigenvalue weighted by Crippen LogP contribution is 2.36. The number of thioether (sulfide) groups is 1. The number of aromatic carboxylic acids is 1. The van der Waals surface area contributed by atoms with Crippen molar-refractivity contribution in [1.29, 1.82) is 0 Å². The maximum absolute atomic E-state index is 12.8. The molecule has 0 unspecified atom stereocenters. The van der Waals surface area contributed by atoms with Crippen molar-refractivity contribution in [2.45, 2.75) is 29.9 Å². The average molecular weight is 355 g/mol. The van der Waals surface area contributed by atoms with Gasteiger partial charge in [0.2, 0.25) is 11.8 Å². The number of carbonyl (C=O) groups is 3. The summed E-state index contributed by atoms with van der Waals surface area (Å²) in [5.41, 5.74) is 1.69.